The Morgan fingerprint density at radius 1 is 0.815 bits per heavy atom. The molecular formula is C24H42N2O. The molecule has 0 fully saturated rings. The zero-order chi connectivity index (χ0) is 21.4. The molecule has 1 aromatic heterocycles. The SMILES string of the molecule is CC(C)(C)C1C=CN(C(C)(C)C)C1=O.CC(C)(C)c1ccn(C(C)(C)C)c1. The Kier molecular flexibility index (Phi) is 6.52. The van der Waals surface area contributed by atoms with Gasteiger partial charge in [0.1, 0.15) is 0 Å². The Morgan fingerprint density at radius 3 is 1.56 bits per heavy atom. The van der Waals surface area contributed by atoms with Crippen molar-refractivity contribution < 1.29 is 4.79 Å². The van der Waals surface area contributed by atoms with Crippen LogP contribution < -0.4 is 0 Å². The summed E-state index contributed by atoms with van der Waals surface area (Å²) >= 11 is 0. The molecule has 0 aromatic carbocycles. The van der Waals surface area contributed by atoms with Crippen molar-refractivity contribution in [2.45, 2.75) is 99.6 Å². The molecule has 27 heavy (non-hydrogen) atoms. The molecule has 0 saturated heterocycles. The average Bonchev–Trinajstić information content (AvgIpc) is 3.01. The van der Waals surface area contributed by atoms with Gasteiger partial charge in [0.15, 0.2) is 0 Å². The van der Waals surface area contributed by atoms with Gasteiger partial charge in [-0.25, -0.2) is 0 Å². The van der Waals surface area contributed by atoms with Gasteiger partial charge < -0.3 is 9.47 Å². The minimum atomic E-state index is -0.104. The minimum Gasteiger partial charge on any atom is -0.349 e. The fourth-order valence-electron chi connectivity index (χ4n) is 2.95. The highest BCUT2D eigenvalue weighted by atomic mass is 16.2. The maximum absolute atomic E-state index is 12.1. The Hall–Kier alpha value is -1.51. The molecule has 1 aliphatic rings. The number of rotatable bonds is 0. The van der Waals surface area contributed by atoms with Crippen LogP contribution in [0.1, 0.15) is 88.6 Å². The molecule has 0 N–H and O–H groups in total. The van der Waals surface area contributed by atoms with Crippen molar-refractivity contribution in [2.75, 3.05) is 0 Å². The smallest absolute Gasteiger partial charge is 0.234 e. The van der Waals surface area contributed by atoms with Gasteiger partial charge in [0.05, 0.1) is 5.92 Å². The van der Waals surface area contributed by atoms with Gasteiger partial charge in [-0.1, -0.05) is 47.6 Å². The lowest BCUT2D eigenvalue weighted by Crippen LogP contribution is -2.43. The summed E-state index contributed by atoms with van der Waals surface area (Å²) in [5, 5.41) is 0. The van der Waals surface area contributed by atoms with Crippen molar-refractivity contribution in [3.8, 4) is 0 Å². The van der Waals surface area contributed by atoms with Crippen molar-refractivity contribution in [3.05, 3.63) is 36.3 Å². The van der Waals surface area contributed by atoms with Gasteiger partial charge in [0.25, 0.3) is 0 Å². The molecule has 0 spiro atoms. The summed E-state index contributed by atoms with van der Waals surface area (Å²) in [4.78, 5) is 13.9. The van der Waals surface area contributed by atoms with Crippen LogP contribution in [0.5, 0.6) is 0 Å². The van der Waals surface area contributed by atoms with Crippen LogP contribution in [0.2, 0.25) is 0 Å². The Morgan fingerprint density at radius 2 is 1.33 bits per heavy atom. The molecule has 2 heterocycles. The van der Waals surface area contributed by atoms with E-state index >= 15 is 0 Å². The molecule has 1 atom stereocenters. The first-order valence-electron chi connectivity index (χ1n) is 10.1. The van der Waals surface area contributed by atoms with Gasteiger partial charge >= 0.3 is 0 Å². The summed E-state index contributed by atoms with van der Waals surface area (Å²) < 4.78 is 2.27. The molecule has 1 aromatic rings. The lowest BCUT2D eigenvalue weighted by Gasteiger charge is -2.33. The monoisotopic (exact) mass is 374 g/mol. The quantitative estimate of drug-likeness (QED) is 0.520. The first-order chi connectivity index (χ1) is 11.8. The highest BCUT2D eigenvalue weighted by Gasteiger charge is 2.39. The van der Waals surface area contributed by atoms with Gasteiger partial charge in [-0.2, -0.15) is 0 Å². The summed E-state index contributed by atoms with van der Waals surface area (Å²) in [5.74, 6) is 0.256. The predicted molar refractivity (Wildman–Crippen MR) is 117 cm³/mol. The lowest BCUT2D eigenvalue weighted by atomic mass is 9.81. The Bertz CT molecular complexity index is 612. The molecular weight excluding hydrogens is 332 g/mol. The van der Waals surface area contributed by atoms with Gasteiger partial charge in [-0.05, 0) is 64.0 Å². The first-order valence-corrected chi connectivity index (χ1v) is 10.1. The Labute approximate surface area is 167 Å². The molecule has 1 amide bonds. The number of aromatic nitrogens is 1. The third-order valence-corrected chi connectivity index (χ3v) is 4.92. The summed E-state index contributed by atoms with van der Waals surface area (Å²) in [6, 6.07) is 2.21. The molecule has 3 heteroatoms. The zero-order valence-corrected chi connectivity index (χ0v) is 19.8. The third-order valence-electron chi connectivity index (χ3n) is 4.92. The summed E-state index contributed by atoms with van der Waals surface area (Å²) in [6.45, 7) is 25.9. The average molecular weight is 375 g/mol. The highest BCUT2D eigenvalue weighted by Crippen LogP contribution is 2.35. The largest absolute Gasteiger partial charge is 0.349 e. The fraction of sp³-hybridized carbons (Fsp3) is 0.708. The number of carbonyl (C=O) groups is 1. The van der Waals surface area contributed by atoms with E-state index in [0.29, 0.717) is 0 Å². The van der Waals surface area contributed by atoms with E-state index in [4.69, 9.17) is 0 Å². The van der Waals surface area contributed by atoms with Crippen LogP contribution >= 0.6 is 0 Å². The predicted octanol–water partition coefficient (Wildman–Crippen LogP) is 6.34. The number of hydrogen-bond acceptors (Lipinski definition) is 1. The van der Waals surface area contributed by atoms with E-state index in [1.54, 1.807) is 0 Å². The normalized spacial score (nSPS) is 18.6. The Balaban J connectivity index is 0.000000271. The summed E-state index contributed by atoms with van der Waals surface area (Å²) in [6.07, 6.45) is 8.37. The molecule has 0 saturated carbocycles. The topological polar surface area (TPSA) is 25.2 Å². The van der Waals surface area contributed by atoms with Crippen LogP contribution in [-0.4, -0.2) is 20.9 Å². The fourth-order valence-corrected chi connectivity index (χ4v) is 2.95. The van der Waals surface area contributed by atoms with Gasteiger partial charge in [-0.15, -0.1) is 0 Å². The second-order valence-corrected chi connectivity index (χ2v) is 11.8. The zero-order valence-electron chi connectivity index (χ0n) is 19.8. The van der Waals surface area contributed by atoms with Crippen molar-refractivity contribution in [1.82, 2.24) is 9.47 Å². The second kappa shape index (κ2) is 7.48. The van der Waals surface area contributed by atoms with Gasteiger partial charge in [0, 0.05) is 29.7 Å². The maximum atomic E-state index is 12.1. The van der Waals surface area contributed by atoms with Crippen LogP contribution in [0.4, 0.5) is 0 Å². The molecule has 2 rings (SSSR count). The van der Waals surface area contributed by atoms with E-state index in [1.807, 2.05) is 17.2 Å². The van der Waals surface area contributed by atoms with Crippen LogP contribution in [0, 0.1) is 11.3 Å². The standard InChI is InChI=1S/C12H21NO.C12H21N/c1-11(2,3)9-7-8-13(10(9)14)12(4,5)6;1-11(2,3)10-7-8-13(9-10)12(4,5)6/h7-9H,1-6H3;7-9H,1-6H3. The number of carbonyl (C=O) groups excluding carboxylic acids is 1. The van der Waals surface area contributed by atoms with E-state index in [0.717, 1.165) is 0 Å². The highest BCUT2D eigenvalue weighted by molar-refractivity contribution is 5.85. The lowest BCUT2D eigenvalue weighted by molar-refractivity contribution is -0.136. The number of nitrogens with zero attached hydrogens (tertiary/aromatic N) is 2. The van der Waals surface area contributed by atoms with Crippen molar-refractivity contribution in [2.24, 2.45) is 11.3 Å². The molecule has 0 radical (unpaired) electrons. The van der Waals surface area contributed by atoms with Crippen LogP contribution in [0.15, 0.2) is 30.7 Å². The van der Waals surface area contributed by atoms with E-state index in [-0.39, 0.29) is 33.7 Å². The van der Waals surface area contributed by atoms with E-state index in [1.165, 1.54) is 5.56 Å². The van der Waals surface area contributed by atoms with Gasteiger partial charge in [0.2, 0.25) is 5.91 Å². The third kappa shape index (κ3) is 6.26. The molecule has 1 aliphatic heterocycles. The van der Waals surface area contributed by atoms with Crippen molar-refractivity contribution in [3.63, 3.8) is 0 Å². The second-order valence-electron chi connectivity index (χ2n) is 11.8. The van der Waals surface area contributed by atoms with Crippen LogP contribution in [0.3, 0.4) is 0 Å². The molecule has 0 aliphatic carbocycles. The molecule has 0 bridgehead atoms. The molecule has 3 nitrogen and oxygen atoms in total. The summed E-state index contributed by atoms with van der Waals surface area (Å²) in [5.41, 5.74) is 1.78. The van der Waals surface area contributed by atoms with Gasteiger partial charge in [-0.3, -0.25) is 4.79 Å². The van der Waals surface area contributed by atoms with E-state index < -0.39 is 0 Å². The number of amides is 1. The van der Waals surface area contributed by atoms with E-state index in [2.05, 4.69) is 106 Å². The molecule has 154 valence electrons. The minimum absolute atomic E-state index is 0.0214. The van der Waals surface area contributed by atoms with Crippen LogP contribution in [-0.2, 0) is 15.7 Å². The summed E-state index contributed by atoms with van der Waals surface area (Å²) in [7, 11) is 0. The molecule has 1 unspecified atom stereocenters. The van der Waals surface area contributed by atoms with Crippen molar-refractivity contribution >= 4 is 5.91 Å². The van der Waals surface area contributed by atoms with Crippen molar-refractivity contribution in [1.29, 1.82) is 0 Å². The maximum Gasteiger partial charge on any atom is 0.234 e. The number of hydrogen-bond donors (Lipinski definition) is 0. The van der Waals surface area contributed by atoms with Crippen LogP contribution in [0.25, 0.3) is 0 Å². The van der Waals surface area contributed by atoms with E-state index in [9.17, 15) is 4.79 Å². The first kappa shape index (κ1) is 23.5.